The Balaban J connectivity index is 1.64. The molecule has 0 spiro atoms. The molecular weight excluding hydrogens is 284 g/mol. The number of aromatic nitrogens is 1. The highest BCUT2D eigenvalue weighted by atomic mass is 32.1. The Kier molecular flexibility index (Phi) is 4.24. The minimum Gasteiger partial charge on any atom is -0.361 e. The Morgan fingerprint density at radius 2 is 2.33 bits per heavy atom. The van der Waals surface area contributed by atoms with E-state index in [1.165, 1.54) is 17.7 Å². The van der Waals surface area contributed by atoms with Gasteiger partial charge in [-0.15, -0.1) is 11.3 Å². The van der Waals surface area contributed by atoms with Gasteiger partial charge in [-0.1, -0.05) is 11.2 Å². The van der Waals surface area contributed by atoms with Crippen LogP contribution in [0.5, 0.6) is 0 Å². The number of thiophene rings is 1. The summed E-state index contributed by atoms with van der Waals surface area (Å²) >= 11 is 1.75. The summed E-state index contributed by atoms with van der Waals surface area (Å²) in [4.78, 5) is 5.97. The topological polar surface area (TPSA) is 62.5 Å². The van der Waals surface area contributed by atoms with Gasteiger partial charge in [-0.05, 0) is 38.1 Å². The molecule has 2 N–H and O–H groups in total. The molecule has 21 heavy (non-hydrogen) atoms. The standard InChI is InChI=1S/C15H20N4OS/c1-10-14(11(2)20-19-10)9-17-15(18-12-5-6-12)16-8-13-4-3-7-21-13/h3-4,7,12H,5-6,8-9H2,1-2H3,(H2,16,17,18). The van der Waals surface area contributed by atoms with Crippen molar-refractivity contribution in [2.75, 3.05) is 0 Å². The van der Waals surface area contributed by atoms with Crippen molar-refractivity contribution >= 4 is 17.3 Å². The zero-order valence-electron chi connectivity index (χ0n) is 12.3. The number of nitrogens with zero attached hydrogens (tertiary/aromatic N) is 2. The molecule has 6 heteroatoms. The predicted molar refractivity (Wildman–Crippen MR) is 84.4 cm³/mol. The van der Waals surface area contributed by atoms with Crippen molar-refractivity contribution < 1.29 is 4.52 Å². The second-order valence-electron chi connectivity index (χ2n) is 5.32. The molecule has 1 fully saturated rings. The maximum absolute atomic E-state index is 5.18. The number of aryl methyl sites for hydroxylation is 2. The van der Waals surface area contributed by atoms with Gasteiger partial charge >= 0.3 is 0 Å². The van der Waals surface area contributed by atoms with Crippen LogP contribution >= 0.6 is 11.3 Å². The van der Waals surface area contributed by atoms with Gasteiger partial charge in [0.25, 0.3) is 0 Å². The molecule has 0 radical (unpaired) electrons. The number of guanidine groups is 1. The van der Waals surface area contributed by atoms with Crippen molar-refractivity contribution in [3.05, 3.63) is 39.4 Å². The van der Waals surface area contributed by atoms with Crippen LogP contribution in [0.2, 0.25) is 0 Å². The summed E-state index contributed by atoms with van der Waals surface area (Å²) in [6.45, 7) is 5.28. The van der Waals surface area contributed by atoms with Gasteiger partial charge in [-0.25, -0.2) is 4.99 Å². The fourth-order valence-corrected chi connectivity index (χ4v) is 2.69. The lowest BCUT2D eigenvalue weighted by atomic mass is 10.2. The van der Waals surface area contributed by atoms with Crippen LogP contribution in [0.25, 0.3) is 0 Å². The molecule has 2 heterocycles. The molecule has 0 unspecified atom stereocenters. The summed E-state index contributed by atoms with van der Waals surface area (Å²) in [6, 6.07) is 4.77. The van der Waals surface area contributed by atoms with Crippen LogP contribution in [0.1, 0.15) is 34.7 Å². The first-order valence-electron chi connectivity index (χ1n) is 7.21. The zero-order valence-corrected chi connectivity index (χ0v) is 13.2. The number of hydrogen-bond donors (Lipinski definition) is 2. The molecule has 1 saturated carbocycles. The van der Waals surface area contributed by atoms with Gasteiger partial charge in [-0.3, -0.25) is 0 Å². The normalized spacial score (nSPS) is 15.2. The lowest BCUT2D eigenvalue weighted by Crippen LogP contribution is -2.38. The van der Waals surface area contributed by atoms with Gasteiger partial charge in [0.2, 0.25) is 0 Å². The van der Waals surface area contributed by atoms with Crippen LogP contribution in [0.3, 0.4) is 0 Å². The Bertz CT molecular complexity index is 594. The SMILES string of the molecule is Cc1noc(C)c1CN=C(NCc1cccs1)NC1CC1. The molecule has 1 aliphatic carbocycles. The van der Waals surface area contributed by atoms with Gasteiger partial charge < -0.3 is 15.2 Å². The number of nitrogens with one attached hydrogen (secondary N) is 2. The molecule has 0 aromatic carbocycles. The number of hydrogen-bond acceptors (Lipinski definition) is 4. The van der Waals surface area contributed by atoms with Crippen molar-refractivity contribution in [2.45, 2.75) is 45.8 Å². The highest BCUT2D eigenvalue weighted by molar-refractivity contribution is 7.09. The van der Waals surface area contributed by atoms with Gasteiger partial charge in [0.1, 0.15) is 5.76 Å². The molecule has 3 rings (SSSR count). The van der Waals surface area contributed by atoms with E-state index in [-0.39, 0.29) is 0 Å². The van der Waals surface area contributed by atoms with Gasteiger partial charge in [-0.2, -0.15) is 0 Å². The fraction of sp³-hybridized carbons (Fsp3) is 0.467. The molecule has 0 aliphatic heterocycles. The van der Waals surface area contributed by atoms with Crippen LogP contribution in [0.4, 0.5) is 0 Å². The number of aliphatic imine (C=N–C) groups is 1. The van der Waals surface area contributed by atoms with Crippen molar-refractivity contribution in [1.29, 1.82) is 0 Å². The Morgan fingerprint density at radius 3 is 2.95 bits per heavy atom. The maximum atomic E-state index is 5.18. The Labute approximate surface area is 128 Å². The quantitative estimate of drug-likeness (QED) is 0.658. The lowest BCUT2D eigenvalue weighted by molar-refractivity contribution is 0.392. The van der Waals surface area contributed by atoms with Crippen LogP contribution in [0, 0.1) is 13.8 Å². The van der Waals surface area contributed by atoms with Crippen molar-refractivity contribution in [3.63, 3.8) is 0 Å². The molecule has 0 amide bonds. The zero-order chi connectivity index (χ0) is 14.7. The molecule has 112 valence electrons. The summed E-state index contributed by atoms with van der Waals surface area (Å²) in [5.41, 5.74) is 1.99. The Morgan fingerprint density at radius 1 is 1.48 bits per heavy atom. The average Bonchev–Trinajstić information content (AvgIpc) is 3.02. The van der Waals surface area contributed by atoms with Gasteiger partial charge in [0.15, 0.2) is 5.96 Å². The van der Waals surface area contributed by atoms with E-state index >= 15 is 0 Å². The summed E-state index contributed by atoms with van der Waals surface area (Å²) in [5, 5.41) is 12.9. The van der Waals surface area contributed by atoms with Crippen molar-refractivity contribution in [2.24, 2.45) is 4.99 Å². The van der Waals surface area contributed by atoms with E-state index in [2.05, 4.69) is 38.3 Å². The van der Waals surface area contributed by atoms with E-state index in [9.17, 15) is 0 Å². The van der Waals surface area contributed by atoms with Gasteiger partial charge in [0.05, 0.1) is 18.8 Å². The summed E-state index contributed by atoms with van der Waals surface area (Å²) in [6.07, 6.45) is 2.45. The third-order valence-corrected chi connectivity index (χ3v) is 4.38. The first-order chi connectivity index (χ1) is 10.2. The maximum Gasteiger partial charge on any atom is 0.192 e. The second-order valence-corrected chi connectivity index (χ2v) is 6.35. The molecule has 2 aromatic heterocycles. The minimum atomic E-state index is 0.573. The largest absolute Gasteiger partial charge is 0.361 e. The van der Waals surface area contributed by atoms with E-state index in [1.54, 1.807) is 11.3 Å². The first-order valence-corrected chi connectivity index (χ1v) is 8.09. The highest BCUT2D eigenvalue weighted by Gasteiger charge is 2.22. The third-order valence-electron chi connectivity index (χ3n) is 3.50. The third kappa shape index (κ3) is 3.85. The van der Waals surface area contributed by atoms with Crippen LogP contribution < -0.4 is 10.6 Å². The molecule has 2 aromatic rings. The summed E-state index contributed by atoms with van der Waals surface area (Å²) in [5.74, 6) is 1.71. The van der Waals surface area contributed by atoms with Crippen LogP contribution in [-0.4, -0.2) is 17.2 Å². The van der Waals surface area contributed by atoms with E-state index in [1.807, 2.05) is 13.8 Å². The van der Waals surface area contributed by atoms with E-state index in [4.69, 9.17) is 4.52 Å². The first kappa shape index (κ1) is 14.1. The molecular formula is C15H20N4OS. The Hall–Kier alpha value is -1.82. The average molecular weight is 304 g/mol. The monoisotopic (exact) mass is 304 g/mol. The summed E-state index contributed by atoms with van der Waals surface area (Å²) < 4.78 is 5.18. The lowest BCUT2D eigenvalue weighted by Gasteiger charge is -2.11. The molecule has 0 atom stereocenters. The van der Waals surface area contributed by atoms with Crippen molar-refractivity contribution in [1.82, 2.24) is 15.8 Å². The van der Waals surface area contributed by atoms with Crippen LogP contribution in [-0.2, 0) is 13.1 Å². The highest BCUT2D eigenvalue weighted by Crippen LogP contribution is 2.19. The van der Waals surface area contributed by atoms with Gasteiger partial charge in [0, 0.05) is 16.5 Å². The summed E-state index contributed by atoms with van der Waals surface area (Å²) in [7, 11) is 0. The molecule has 5 nitrogen and oxygen atoms in total. The predicted octanol–water partition coefficient (Wildman–Crippen LogP) is 2.75. The second kappa shape index (κ2) is 6.30. The minimum absolute atomic E-state index is 0.573. The number of rotatable bonds is 5. The van der Waals surface area contributed by atoms with E-state index < -0.39 is 0 Å². The fourth-order valence-electron chi connectivity index (χ4n) is 2.04. The van der Waals surface area contributed by atoms with E-state index in [0.717, 1.165) is 29.5 Å². The smallest absolute Gasteiger partial charge is 0.192 e. The molecule has 1 aliphatic rings. The van der Waals surface area contributed by atoms with E-state index in [0.29, 0.717) is 12.6 Å². The molecule has 0 bridgehead atoms. The van der Waals surface area contributed by atoms with Crippen molar-refractivity contribution in [3.8, 4) is 0 Å². The van der Waals surface area contributed by atoms with Crippen LogP contribution in [0.15, 0.2) is 27.0 Å². The molecule has 0 saturated heterocycles.